The number of hydrogen-bond donors (Lipinski definition) is 2. The van der Waals surface area contributed by atoms with Gasteiger partial charge in [0.25, 0.3) is 5.91 Å². The second-order valence-electron chi connectivity index (χ2n) is 7.76. The summed E-state index contributed by atoms with van der Waals surface area (Å²) in [7, 11) is -1.62. The summed E-state index contributed by atoms with van der Waals surface area (Å²) in [6.45, 7) is 2.49. The van der Waals surface area contributed by atoms with E-state index in [-0.39, 0.29) is 29.3 Å². The van der Waals surface area contributed by atoms with Crippen LogP contribution in [0, 0.1) is 5.92 Å². The van der Waals surface area contributed by atoms with Crippen molar-refractivity contribution in [3.05, 3.63) is 29.8 Å². The van der Waals surface area contributed by atoms with Crippen molar-refractivity contribution in [3.8, 4) is 0 Å². The average molecular weight is 430 g/mol. The lowest BCUT2D eigenvalue weighted by atomic mass is 9.93. The smallest absolute Gasteiger partial charge is 0.253 e. The van der Waals surface area contributed by atoms with Gasteiger partial charge in [-0.2, -0.15) is 0 Å². The third-order valence-corrected chi connectivity index (χ3v) is 7.29. The van der Waals surface area contributed by atoms with Crippen molar-refractivity contribution in [1.82, 2.24) is 14.9 Å². The molecule has 0 radical (unpaired) electrons. The predicted octanol–water partition coefficient (Wildman–Crippen LogP) is 2.79. The summed E-state index contributed by atoms with van der Waals surface area (Å²) < 4.78 is 28.1. The normalized spacial score (nSPS) is 18.8. The third kappa shape index (κ3) is 5.92. The minimum Gasteiger partial charge on any atom is -0.339 e. The molecule has 1 amide bonds. The number of carbonyl (C=O) groups is 1. The third-order valence-electron chi connectivity index (χ3n) is 5.77. The highest BCUT2D eigenvalue weighted by molar-refractivity contribution is 7.89. The van der Waals surface area contributed by atoms with Gasteiger partial charge in [-0.3, -0.25) is 4.79 Å². The van der Waals surface area contributed by atoms with Gasteiger partial charge >= 0.3 is 0 Å². The number of hydrogen-bond acceptors (Lipinski definition) is 4. The number of benzene rings is 1. The molecule has 2 N–H and O–H groups in total. The van der Waals surface area contributed by atoms with E-state index in [1.807, 2.05) is 11.9 Å². The SMILES string of the molecule is CNCCC1CCN(C(=O)c2cccc(S(=O)(=O)NC3CCCC3)c2)CC1.Cl. The molecule has 0 unspecified atom stereocenters. The van der Waals surface area contributed by atoms with Crippen LogP contribution in [0.1, 0.15) is 55.3 Å². The molecule has 1 aromatic carbocycles. The fraction of sp³-hybridized carbons (Fsp3) is 0.650. The Bertz CT molecular complexity index is 743. The van der Waals surface area contributed by atoms with Crippen molar-refractivity contribution < 1.29 is 13.2 Å². The molecular weight excluding hydrogens is 398 g/mol. The molecule has 1 aliphatic carbocycles. The van der Waals surface area contributed by atoms with Crippen molar-refractivity contribution in [2.24, 2.45) is 5.92 Å². The Hall–Kier alpha value is -1.15. The van der Waals surface area contributed by atoms with Crippen molar-refractivity contribution >= 4 is 28.3 Å². The highest BCUT2D eigenvalue weighted by atomic mass is 35.5. The zero-order valence-corrected chi connectivity index (χ0v) is 18.2. The molecule has 1 saturated heterocycles. The monoisotopic (exact) mass is 429 g/mol. The maximum Gasteiger partial charge on any atom is 0.253 e. The Morgan fingerprint density at radius 3 is 2.46 bits per heavy atom. The van der Waals surface area contributed by atoms with E-state index in [9.17, 15) is 13.2 Å². The van der Waals surface area contributed by atoms with Crippen LogP contribution in [0.3, 0.4) is 0 Å². The molecule has 158 valence electrons. The van der Waals surface area contributed by atoms with Crippen molar-refractivity contribution in [1.29, 1.82) is 0 Å². The number of amides is 1. The fourth-order valence-electron chi connectivity index (χ4n) is 4.08. The van der Waals surface area contributed by atoms with Crippen LogP contribution in [0.4, 0.5) is 0 Å². The number of halogens is 1. The Labute approximate surface area is 174 Å². The number of rotatable bonds is 7. The maximum atomic E-state index is 12.8. The second-order valence-corrected chi connectivity index (χ2v) is 9.47. The summed E-state index contributed by atoms with van der Waals surface area (Å²) in [4.78, 5) is 14.9. The van der Waals surface area contributed by atoms with Crippen LogP contribution >= 0.6 is 12.4 Å². The summed E-state index contributed by atoms with van der Waals surface area (Å²) in [5, 5.41) is 3.18. The van der Waals surface area contributed by atoms with Crippen LogP contribution in [0.5, 0.6) is 0 Å². The highest BCUT2D eigenvalue weighted by Crippen LogP contribution is 2.23. The Kier molecular flexibility index (Phi) is 8.74. The van der Waals surface area contributed by atoms with Crippen LogP contribution in [0.25, 0.3) is 0 Å². The van der Waals surface area contributed by atoms with Gasteiger partial charge in [-0.05, 0) is 69.8 Å². The predicted molar refractivity (Wildman–Crippen MR) is 113 cm³/mol. The highest BCUT2D eigenvalue weighted by Gasteiger charge is 2.26. The Morgan fingerprint density at radius 2 is 1.82 bits per heavy atom. The molecule has 2 fully saturated rings. The Balaban J connectivity index is 0.00000280. The number of carbonyl (C=O) groups excluding carboxylic acids is 1. The van der Waals surface area contributed by atoms with Crippen LogP contribution in [0.2, 0.25) is 0 Å². The Morgan fingerprint density at radius 1 is 1.14 bits per heavy atom. The molecule has 3 rings (SSSR count). The number of likely N-dealkylation sites (tertiary alicyclic amines) is 1. The topological polar surface area (TPSA) is 78.5 Å². The minimum absolute atomic E-state index is 0. The quantitative estimate of drug-likeness (QED) is 0.698. The number of nitrogens with zero attached hydrogens (tertiary/aromatic N) is 1. The molecule has 1 saturated carbocycles. The largest absolute Gasteiger partial charge is 0.339 e. The minimum atomic E-state index is -3.58. The summed E-state index contributed by atoms with van der Waals surface area (Å²) in [6.07, 6.45) is 7.06. The van der Waals surface area contributed by atoms with Gasteiger partial charge in [0, 0.05) is 24.7 Å². The van der Waals surface area contributed by atoms with E-state index >= 15 is 0 Å². The lowest BCUT2D eigenvalue weighted by molar-refractivity contribution is 0.0687. The molecule has 0 bridgehead atoms. The summed E-state index contributed by atoms with van der Waals surface area (Å²) >= 11 is 0. The average Bonchev–Trinajstić information content (AvgIpc) is 3.18. The van der Waals surface area contributed by atoms with E-state index in [0.717, 1.165) is 64.6 Å². The summed E-state index contributed by atoms with van der Waals surface area (Å²) in [6, 6.07) is 6.48. The van der Waals surface area contributed by atoms with Crippen LogP contribution < -0.4 is 10.0 Å². The summed E-state index contributed by atoms with van der Waals surface area (Å²) in [5.41, 5.74) is 0.456. The molecule has 6 nitrogen and oxygen atoms in total. The van der Waals surface area contributed by atoms with Gasteiger partial charge in [0.05, 0.1) is 4.90 Å². The molecule has 8 heteroatoms. The molecule has 0 aromatic heterocycles. The fourth-order valence-corrected chi connectivity index (χ4v) is 5.43. The van der Waals surface area contributed by atoms with Crippen molar-refractivity contribution in [2.45, 2.75) is 55.9 Å². The van der Waals surface area contributed by atoms with Crippen LogP contribution in [-0.2, 0) is 10.0 Å². The molecule has 1 aliphatic heterocycles. The van der Waals surface area contributed by atoms with E-state index in [1.54, 1.807) is 18.2 Å². The van der Waals surface area contributed by atoms with E-state index in [0.29, 0.717) is 11.5 Å². The van der Waals surface area contributed by atoms with Gasteiger partial charge in [0.2, 0.25) is 10.0 Å². The molecule has 1 heterocycles. The van der Waals surface area contributed by atoms with E-state index in [1.165, 1.54) is 6.07 Å². The first-order chi connectivity index (χ1) is 13.0. The molecule has 2 aliphatic rings. The number of piperidine rings is 1. The van der Waals surface area contributed by atoms with Crippen molar-refractivity contribution in [3.63, 3.8) is 0 Å². The van der Waals surface area contributed by atoms with E-state index in [4.69, 9.17) is 0 Å². The lowest BCUT2D eigenvalue weighted by Gasteiger charge is -2.32. The standard InChI is InChI=1S/C20H31N3O3S.ClH/c1-21-12-9-16-10-13-23(14-11-16)20(24)17-5-4-8-19(15-17)27(25,26)22-18-6-2-3-7-18;/h4-5,8,15-16,18,21-22H,2-3,6-7,9-14H2,1H3;1H. The summed E-state index contributed by atoms with van der Waals surface area (Å²) in [5.74, 6) is 0.587. The number of nitrogens with one attached hydrogen (secondary N) is 2. The van der Waals surface area contributed by atoms with Gasteiger partial charge in [0.1, 0.15) is 0 Å². The van der Waals surface area contributed by atoms with Gasteiger partial charge < -0.3 is 10.2 Å². The first-order valence-corrected chi connectivity index (χ1v) is 11.5. The van der Waals surface area contributed by atoms with Gasteiger partial charge in [-0.1, -0.05) is 18.9 Å². The second kappa shape index (κ2) is 10.6. The molecule has 1 aromatic rings. The first kappa shape index (κ1) is 23.1. The van der Waals surface area contributed by atoms with Crippen molar-refractivity contribution in [2.75, 3.05) is 26.7 Å². The van der Waals surface area contributed by atoms with Crippen LogP contribution in [-0.4, -0.2) is 51.9 Å². The lowest BCUT2D eigenvalue weighted by Crippen LogP contribution is -2.39. The maximum absolute atomic E-state index is 12.8. The van der Waals surface area contributed by atoms with Gasteiger partial charge in [-0.15, -0.1) is 12.4 Å². The molecular formula is C20H32ClN3O3S. The zero-order valence-electron chi connectivity index (χ0n) is 16.5. The van der Waals surface area contributed by atoms with Crippen LogP contribution in [0.15, 0.2) is 29.2 Å². The molecule has 28 heavy (non-hydrogen) atoms. The van der Waals surface area contributed by atoms with Gasteiger partial charge in [0.15, 0.2) is 0 Å². The number of sulfonamides is 1. The molecule has 0 spiro atoms. The van der Waals surface area contributed by atoms with Gasteiger partial charge in [-0.25, -0.2) is 13.1 Å². The van der Waals surface area contributed by atoms with E-state index in [2.05, 4.69) is 10.0 Å². The zero-order chi connectivity index (χ0) is 19.3. The first-order valence-electron chi connectivity index (χ1n) is 10.1. The van der Waals surface area contributed by atoms with E-state index < -0.39 is 10.0 Å². The molecule has 0 atom stereocenters.